The number of nitrogens with zero attached hydrogens (tertiary/aromatic N) is 4. The van der Waals surface area contributed by atoms with Gasteiger partial charge in [0.25, 0.3) is 0 Å². The summed E-state index contributed by atoms with van der Waals surface area (Å²) in [6.07, 6.45) is 6.00. The van der Waals surface area contributed by atoms with Crippen LogP contribution in [0, 0.1) is 6.92 Å². The lowest BCUT2D eigenvalue weighted by Crippen LogP contribution is -1.99. The van der Waals surface area contributed by atoms with Crippen molar-refractivity contribution in [2.75, 3.05) is 5.32 Å². The topological polar surface area (TPSA) is 47.7 Å². The monoisotopic (exact) mass is 255 g/mol. The first-order chi connectivity index (χ1) is 9.13. The number of aromatic nitrogens is 4. The third-order valence-electron chi connectivity index (χ3n) is 3.25. The second-order valence-corrected chi connectivity index (χ2v) is 4.84. The largest absolute Gasteiger partial charge is 0.380 e. The zero-order valence-corrected chi connectivity index (χ0v) is 11.4. The summed E-state index contributed by atoms with van der Waals surface area (Å²) in [5, 5.41) is 8.86. The molecule has 0 aliphatic carbocycles. The van der Waals surface area contributed by atoms with E-state index in [1.165, 1.54) is 5.56 Å². The highest BCUT2D eigenvalue weighted by Crippen LogP contribution is 2.19. The molecule has 0 radical (unpaired) electrons. The van der Waals surface area contributed by atoms with Crippen LogP contribution in [0.5, 0.6) is 0 Å². The fraction of sp³-hybridized carbons (Fsp3) is 0.286. The van der Waals surface area contributed by atoms with Gasteiger partial charge in [-0.3, -0.25) is 4.68 Å². The van der Waals surface area contributed by atoms with E-state index >= 15 is 0 Å². The van der Waals surface area contributed by atoms with Crippen LogP contribution in [0.25, 0.3) is 11.0 Å². The quantitative estimate of drug-likeness (QED) is 0.780. The fourth-order valence-corrected chi connectivity index (χ4v) is 2.27. The van der Waals surface area contributed by atoms with Crippen molar-refractivity contribution in [1.82, 2.24) is 19.3 Å². The third kappa shape index (κ3) is 2.19. The van der Waals surface area contributed by atoms with Crippen LogP contribution in [0.2, 0.25) is 0 Å². The van der Waals surface area contributed by atoms with Crippen molar-refractivity contribution in [2.45, 2.75) is 13.5 Å². The number of pyridine rings is 1. The Morgan fingerprint density at radius 1 is 1.32 bits per heavy atom. The van der Waals surface area contributed by atoms with Gasteiger partial charge in [-0.25, -0.2) is 4.98 Å². The van der Waals surface area contributed by atoms with E-state index in [1.807, 2.05) is 42.7 Å². The van der Waals surface area contributed by atoms with Crippen LogP contribution < -0.4 is 5.32 Å². The molecule has 0 bridgehead atoms. The van der Waals surface area contributed by atoms with E-state index in [1.54, 1.807) is 0 Å². The van der Waals surface area contributed by atoms with Gasteiger partial charge < -0.3 is 9.88 Å². The third-order valence-corrected chi connectivity index (χ3v) is 3.25. The number of anilines is 1. The minimum Gasteiger partial charge on any atom is -0.380 e. The van der Waals surface area contributed by atoms with Gasteiger partial charge in [0.05, 0.1) is 17.6 Å². The summed E-state index contributed by atoms with van der Waals surface area (Å²) >= 11 is 0. The molecule has 5 nitrogen and oxygen atoms in total. The van der Waals surface area contributed by atoms with E-state index in [2.05, 4.69) is 33.7 Å². The molecule has 3 rings (SSSR count). The maximum atomic E-state index is 4.45. The highest BCUT2D eigenvalue weighted by atomic mass is 15.3. The average Bonchev–Trinajstić information content (AvgIpc) is 2.92. The van der Waals surface area contributed by atoms with E-state index in [-0.39, 0.29) is 0 Å². The Labute approximate surface area is 111 Å². The SMILES string of the molecule is Cc1nn(C)c2ncc(NCc3ccn(C)c3)cc12. The first-order valence-electron chi connectivity index (χ1n) is 6.27. The van der Waals surface area contributed by atoms with Crippen LogP contribution in [-0.4, -0.2) is 19.3 Å². The molecule has 0 saturated carbocycles. The number of hydrogen-bond acceptors (Lipinski definition) is 3. The van der Waals surface area contributed by atoms with Crippen LogP contribution >= 0.6 is 0 Å². The van der Waals surface area contributed by atoms with Gasteiger partial charge in [0.2, 0.25) is 0 Å². The molecule has 5 heteroatoms. The molecule has 1 N–H and O–H groups in total. The van der Waals surface area contributed by atoms with E-state index in [0.29, 0.717) is 0 Å². The highest BCUT2D eigenvalue weighted by molar-refractivity contribution is 5.81. The molecule has 0 aromatic carbocycles. The summed E-state index contributed by atoms with van der Waals surface area (Å²) < 4.78 is 3.86. The van der Waals surface area contributed by atoms with E-state index in [0.717, 1.165) is 29.0 Å². The standard InChI is InChI=1S/C14H17N5/c1-10-13-6-12(8-16-14(13)19(3)17-10)15-7-11-4-5-18(2)9-11/h4-6,8-9,15H,7H2,1-3H3. The molecule has 0 saturated heterocycles. The first kappa shape index (κ1) is 11.8. The lowest BCUT2D eigenvalue weighted by molar-refractivity contribution is 0.774. The van der Waals surface area contributed by atoms with Gasteiger partial charge in [-0.05, 0) is 24.6 Å². The second-order valence-electron chi connectivity index (χ2n) is 4.84. The van der Waals surface area contributed by atoms with E-state index in [4.69, 9.17) is 0 Å². The summed E-state index contributed by atoms with van der Waals surface area (Å²) in [6.45, 7) is 2.80. The van der Waals surface area contributed by atoms with Crippen LogP contribution in [0.3, 0.4) is 0 Å². The van der Waals surface area contributed by atoms with Crippen molar-refractivity contribution < 1.29 is 0 Å². The van der Waals surface area contributed by atoms with Crippen molar-refractivity contribution in [3.05, 3.63) is 42.0 Å². The molecule has 19 heavy (non-hydrogen) atoms. The van der Waals surface area contributed by atoms with Crippen molar-refractivity contribution in [3.63, 3.8) is 0 Å². The Bertz CT molecular complexity index is 723. The van der Waals surface area contributed by atoms with Gasteiger partial charge in [0.1, 0.15) is 0 Å². The maximum absolute atomic E-state index is 4.45. The number of aryl methyl sites for hydroxylation is 3. The molecule has 98 valence electrons. The molecule has 3 aromatic rings. The highest BCUT2D eigenvalue weighted by Gasteiger charge is 2.06. The Kier molecular flexibility index (Phi) is 2.74. The van der Waals surface area contributed by atoms with Crippen LogP contribution in [0.4, 0.5) is 5.69 Å². The van der Waals surface area contributed by atoms with Crippen molar-refractivity contribution >= 4 is 16.7 Å². The summed E-state index contributed by atoms with van der Waals surface area (Å²) in [5.74, 6) is 0. The molecule has 0 unspecified atom stereocenters. The Hall–Kier alpha value is -2.30. The summed E-state index contributed by atoms with van der Waals surface area (Å²) in [5.41, 5.74) is 4.20. The van der Waals surface area contributed by atoms with Crippen LogP contribution in [0.15, 0.2) is 30.7 Å². The average molecular weight is 255 g/mol. The van der Waals surface area contributed by atoms with Crippen LogP contribution in [-0.2, 0) is 20.6 Å². The molecule has 0 amide bonds. The van der Waals surface area contributed by atoms with Crippen LogP contribution in [0.1, 0.15) is 11.3 Å². The van der Waals surface area contributed by atoms with E-state index in [9.17, 15) is 0 Å². The molecule has 0 fully saturated rings. The molecule has 0 atom stereocenters. The van der Waals surface area contributed by atoms with Gasteiger partial charge in [-0.15, -0.1) is 0 Å². The Balaban J connectivity index is 1.83. The normalized spacial score (nSPS) is 11.1. The van der Waals surface area contributed by atoms with Gasteiger partial charge in [-0.2, -0.15) is 5.10 Å². The second kappa shape index (κ2) is 4.42. The van der Waals surface area contributed by atoms with Gasteiger partial charge in [-0.1, -0.05) is 0 Å². The van der Waals surface area contributed by atoms with Gasteiger partial charge in [0.15, 0.2) is 5.65 Å². The number of nitrogens with one attached hydrogen (secondary N) is 1. The summed E-state index contributed by atoms with van der Waals surface area (Å²) in [6, 6.07) is 4.21. The Morgan fingerprint density at radius 2 is 2.16 bits per heavy atom. The predicted molar refractivity (Wildman–Crippen MR) is 76.0 cm³/mol. The summed E-state index contributed by atoms with van der Waals surface area (Å²) in [4.78, 5) is 4.45. The maximum Gasteiger partial charge on any atom is 0.157 e. The smallest absolute Gasteiger partial charge is 0.157 e. The van der Waals surface area contributed by atoms with Crippen molar-refractivity contribution in [2.24, 2.45) is 14.1 Å². The van der Waals surface area contributed by atoms with Gasteiger partial charge >= 0.3 is 0 Å². The minimum atomic E-state index is 0.799. The zero-order chi connectivity index (χ0) is 13.4. The number of rotatable bonds is 3. The predicted octanol–water partition coefficient (Wildman–Crippen LogP) is 2.23. The molecule has 3 heterocycles. The summed E-state index contributed by atoms with van der Waals surface area (Å²) in [7, 11) is 3.94. The molecular weight excluding hydrogens is 238 g/mol. The molecule has 0 spiro atoms. The number of fused-ring (bicyclic) bond motifs is 1. The lowest BCUT2D eigenvalue weighted by Gasteiger charge is -2.05. The molecule has 0 aliphatic rings. The van der Waals surface area contributed by atoms with Crippen molar-refractivity contribution in [3.8, 4) is 0 Å². The molecule has 3 aromatic heterocycles. The minimum absolute atomic E-state index is 0.799. The Morgan fingerprint density at radius 3 is 2.89 bits per heavy atom. The van der Waals surface area contributed by atoms with Gasteiger partial charge in [0, 0.05) is 38.4 Å². The van der Waals surface area contributed by atoms with Crippen molar-refractivity contribution in [1.29, 1.82) is 0 Å². The lowest BCUT2D eigenvalue weighted by atomic mass is 10.2. The number of hydrogen-bond donors (Lipinski definition) is 1. The molecular formula is C14H17N5. The molecule has 0 aliphatic heterocycles. The van der Waals surface area contributed by atoms with E-state index < -0.39 is 0 Å². The zero-order valence-electron chi connectivity index (χ0n) is 11.4. The first-order valence-corrected chi connectivity index (χ1v) is 6.27. The fourth-order valence-electron chi connectivity index (χ4n) is 2.27.